The lowest BCUT2D eigenvalue weighted by Crippen LogP contribution is -2.12. The Morgan fingerprint density at radius 3 is 1.67 bits per heavy atom. The van der Waals surface area contributed by atoms with Gasteiger partial charge in [0, 0.05) is 17.2 Å². The van der Waals surface area contributed by atoms with E-state index in [4.69, 9.17) is 5.53 Å². The Hall–Kier alpha value is -0.460. The fraction of sp³-hybridized carbons (Fsp3) is 1.00. The predicted octanol–water partition coefficient (Wildman–Crippen LogP) is 7.01. The maximum absolute atomic E-state index is 13.1. The molecule has 0 N–H and O–H groups in total. The summed E-state index contributed by atoms with van der Waals surface area (Å²) in [4.78, 5) is 6.69. The summed E-state index contributed by atoms with van der Waals surface area (Å²) in [7, 11) is -2.74. The fourth-order valence-corrected chi connectivity index (χ4v) is 5.80. The summed E-state index contributed by atoms with van der Waals surface area (Å²) in [5.41, 5.74) is 8.81. The summed E-state index contributed by atoms with van der Waals surface area (Å²) in [6.45, 7) is 8.65. The van der Waals surface area contributed by atoms with E-state index < -0.39 is 7.29 Å². The van der Waals surface area contributed by atoms with Gasteiger partial charge in [0.1, 0.15) is 0 Å². The van der Waals surface area contributed by atoms with Crippen molar-refractivity contribution in [3.63, 3.8) is 0 Å². The zero-order valence-corrected chi connectivity index (χ0v) is 15.3. The van der Waals surface area contributed by atoms with Crippen LogP contribution in [0.2, 0.25) is 0 Å². The third kappa shape index (κ3) is 9.22. The highest BCUT2D eigenvalue weighted by Gasteiger charge is 2.27. The van der Waals surface area contributed by atoms with Gasteiger partial charge >= 0.3 is 0 Å². The SMILES string of the molecule is CCCCC(CC)CP(=O)(CC(CC)CCCC)N=[N+]=[N-]. The lowest BCUT2D eigenvalue weighted by molar-refractivity contribution is 0.463. The van der Waals surface area contributed by atoms with Crippen LogP contribution < -0.4 is 0 Å². The smallest absolute Gasteiger partial charge is 0.174 e. The van der Waals surface area contributed by atoms with E-state index in [1.54, 1.807) is 0 Å². The Bertz CT molecular complexity index is 331. The van der Waals surface area contributed by atoms with E-state index in [9.17, 15) is 4.57 Å². The van der Waals surface area contributed by atoms with E-state index in [1.165, 1.54) is 12.8 Å². The van der Waals surface area contributed by atoms with Crippen molar-refractivity contribution in [1.29, 1.82) is 0 Å². The van der Waals surface area contributed by atoms with Crippen LogP contribution >= 0.6 is 7.29 Å². The second-order valence-corrected chi connectivity index (χ2v) is 8.83. The Morgan fingerprint density at radius 1 is 0.952 bits per heavy atom. The lowest BCUT2D eigenvalue weighted by atomic mass is 10.0. The summed E-state index contributed by atoms with van der Waals surface area (Å²) in [6, 6.07) is 0. The largest absolute Gasteiger partial charge is 0.317 e. The maximum atomic E-state index is 13.1. The first kappa shape index (κ1) is 20.5. The molecule has 0 rings (SSSR count). The topological polar surface area (TPSA) is 65.8 Å². The van der Waals surface area contributed by atoms with E-state index in [0.717, 1.165) is 38.5 Å². The molecule has 2 atom stereocenters. The second-order valence-electron chi connectivity index (χ2n) is 6.22. The minimum Gasteiger partial charge on any atom is -0.317 e. The third-order valence-electron chi connectivity index (χ3n) is 4.38. The molecule has 5 heteroatoms. The summed E-state index contributed by atoms with van der Waals surface area (Å²) in [5, 5.41) is 0. The molecule has 0 fully saturated rings. The quantitative estimate of drug-likeness (QED) is 0.156. The minimum atomic E-state index is -2.74. The molecular formula is C16H34N3OP. The van der Waals surface area contributed by atoms with Crippen molar-refractivity contribution in [2.45, 2.75) is 79.1 Å². The van der Waals surface area contributed by atoms with E-state index in [0.29, 0.717) is 24.2 Å². The Balaban J connectivity index is 4.79. The number of hydrogen-bond acceptors (Lipinski definition) is 1. The predicted molar refractivity (Wildman–Crippen MR) is 93.1 cm³/mol. The number of rotatable bonds is 13. The van der Waals surface area contributed by atoms with Gasteiger partial charge in [-0.15, -0.1) is 0 Å². The average Bonchev–Trinajstić information content (AvgIpc) is 2.48. The Kier molecular flexibility index (Phi) is 11.9. The number of nitrogens with zero attached hydrogens (tertiary/aromatic N) is 3. The highest BCUT2D eigenvalue weighted by molar-refractivity contribution is 7.62. The van der Waals surface area contributed by atoms with Crippen LogP contribution in [0.1, 0.15) is 79.1 Å². The van der Waals surface area contributed by atoms with Gasteiger partial charge < -0.3 is 4.57 Å². The van der Waals surface area contributed by atoms with Crippen molar-refractivity contribution in [3.05, 3.63) is 10.4 Å². The molecule has 0 saturated carbocycles. The molecular weight excluding hydrogens is 281 g/mol. The molecule has 4 nitrogen and oxygen atoms in total. The van der Waals surface area contributed by atoms with Crippen molar-refractivity contribution in [2.24, 2.45) is 16.7 Å². The van der Waals surface area contributed by atoms with Gasteiger partial charge in [-0.25, -0.2) is 0 Å². The second kappa shape index (κ2) is 12.1. The van der Waals surface area contributed by atoms with Crippen LogP contribution in [0.3, 0.4) is 0 Å². The van der Waals surface area contributed by atoms with Crippen molar-refractivity contribution < 1.29 is 4.57 Å². The van der Waals surface area contributed by atoms with Gasteiger partial charge in [-0.05, 0) is 22.3 Å². The summed E-state index contributed by atoms with van der Waals surface area (Å²) in [6.07, 6.45) is 10.1. The molecule has 0 aromatic carbocycles. The van der Waals surface area contributed by atoms with E-state index in [2.05, 4.69) is 37.5 Å². The van der Waals surface area contributed by atoms with E-state index >= 15 is 0 Å². The van der Waals surface area contributed by atoms with Gasteiger partial charge in [-0.1, -0.05) is 79.1 Å². The minimum absolute atomic E-state index is 0.435. The maximum Gasteiger partial charge on any atom is 0.174 e. The van der Waals surface area contributed by atoms with Crippen LogP contribution in [0.5, 0.6) is 0 Å². The van der Waals surface area contributed by atoms with Crippen molar-refractivity contribution in [3.8, 4) is 0 Å². The van der Waals surface area contributed by atoms with Gasteiger partial charge in [-0.3, -0.25) is 0 Å². The summed E-state index contributed by atoms with van der Waals surface area (Å²) < 4.78 is 13.1. The Labute approximate surface area is 131 Å². The molecule has 0 aromatic heterocycles. The molecule has 0 radical (unpaired) electrons. The van der Waals surface area contributed by atoms with Gasteiger partial charge in [0.15, 0.2) is 7.29 Å². The van der Waals surface area contributed by atoms with Crippen LogP contribution in [0.15, 0.2) is 4.88 Å². The molecule has 21 heavy (non-hydrogen) atoms. The molecule has 124 valence electrons. The molecule has 0 amide bonds. The van der Waals surface area contributed by atoms with Gasteiger partial charge in [0.05, 0.1) is 0 Å². The van der Waals surface area contributed by atoms with E-state index in [1.807, 2.05) is 0 Å². The number of azide groups is 1. The summed E-state index contributed by atoms with van der Waals surface area (Å²) in [5.74, 6) is 0.870. The van der Waals surface area contributed by atoms with Crippen LogP contribution in [0, 0.1) is 11.8 Å². The molecule has 2 unspecified atom stereocenters. The van der Waals surface area contributed by atoms with Crippen molar-refractivity contribution in [1.82, 2.24) is 0 Å². The molecule has 0 bridgehead atoms. The molecule has 0 saturated heterocycles. The molecule has 0 aliphatic rings. The fourth-order valence-electron chi connectivity index (χ4n) is 2.86. The molecule has 0 heterocycles. The van der Waals surface area contributed by atoms with Crippen LogP contribution in [0.4, 0.5) is 0 Å². The highest BCUT2D eigenvalue weighted by Crippen LogP contribution is 2.52. The van der Waals surface area contributed by atoms with E-state index in [-0.39, 0.29) is 0 Å². The zero-order chi connectivity index (χ0) is 16.1. The van der Waals surface area contributed by atoms with Crippen molar-refractivity contribution >= 4 is 7.29 Å². The monoisotopic (exact) mass is 315 g/mol. The molecule has 0 spiro atoms. The third-order valence-corrected chi connectivity index (χ3v) is 6.96. The lowest BCUT2D eigenvalue weighted by Gasteiger charge is -2.23. The van der Waals surface area contributed by atoms with Gasteiger partial charge in [0.25, 0.3) is 0 Å². The standard InChI is InChI=1S/C16H34N3OP/c1-5-9-11-15(7-3)13-21(20,19-18-17)14-16(8-4)12-10-6-2/h15-16H,5-14H2,1-4H3. The normalized spacial score (nSPS) is 16.8. The summed E-state index contributed by atoms with van der Waals surface area (Å²) >= 11 is 0. The number of hydrogen-bond donors (Lipinski definition) is 0. The first-order chi connectivity index (χ1) is 10.0. The molecule has 0 aliphatic carbocycles. The van der Waals surface area contributed by atoms with Crippen molar-refractivity contribution in [2.75, 3.05) is 12.3 Å². The first-order valence-electron chi connectivity index (χ1n) is 8.69. The van der Waals surface area contributed by atoms with Crippen LogP contribution in [0.25, 0.3) is 10.4 Å². The number of unbranched alkanes of at least 4 members (excludes halogenated alkanes) is 2. The molecule has 0 aliphatic heterocycles. The van der Waals surface area contributed by atoms with Gasteiger partial charge in [0.2, 0.25) is 0 Å². The van der Waals surface area contributed by atoms with Crippen LogP contribution in [-0.2, 0) is 4.57 Å². The average molecular weight is 315 g/mol. The zero-order valence-electron chi connectivity index (χ0n) is 14.4. The van der Waals surface area contributed by atoms with Crippen LogP contribution in [-0.4, -0.2) is 12.3 Å². The first-order valence-corrected chi connectivity index (χ1v) is 10.7. The highest BCUT2D eigenvalue weighted by atomic mass is 31.2. The molecule has 0 aromatic rings. The van der Waals surface area contributed by atoms with Gasteiger partial charge in [-0.2, -0.15) is 0 Å². The Morgan fingerprint density at radius 2 is 1.38 bits per heavy atom.